The molecule has 0 aromatic heterocycles. The quantitative estimate of drug-likeness (QED) is 0.688. The van der Waals surface area contributed by atoms with E-state index in [4.69, 9.17) is 11.6 Å². The predicted molar refractivity (Wildman–Crippen MR) is 101 cm³/mol. The number of carbonyl (C=O) groups is 4. The molecule has 2 aromatic carbocycles. The fourth-order valence-electron chi connectivity index (χ4n) is 3.35. The highest BCUT2D eigenvalue weighted by Crippen LogP contribution is 2.36. The van der Waals surface area contributed by atoms with E-state index in [2.05, 4.69) is 5.32 Å². The normalized spacial score (nSPS) is 15.1. The first kappa shape index (κ1) is 17.6. The van der Waals surface area contributed by atoms with Crippen LogP contribution in [0.5, 0.6) is 0 Å². The minimum atomic E-state index is -0.327. The average Bonchev–Trinajstić information content (AvgIpc) is 3.52. The number of ketones is 3. The Morgan fingerprint density at radius 2 is 1.63 bits per heavy atom. The maximum absolute atomic E-state index is 13.1. The second-order valence-electron chi connectivity index (χ2n) is 6.84. The van der Waals surface area contributed by atoms with Gasteiger partial charge in [-0.25, -0.2) is 0 Å². The molecule has 1 N–H and O–H groups in total. The molecule has 0 bridgehead atoms. The van der Waals surface area contributed by atoms with E-state index < -0.39 is 0 Å². The number of alkyl halides is 1. The second kappa shape index (κ2) is 6.74. The van der Waals surface area contributed by atoms with E-state index in [0.29, 0.717) is 16.7 Å². The Labute approximate surface area is 160 Å². The number of carbonyl (C=O) groups excluding carboxylic acids is 4. The topological polar surface area (TPSA) is 80.3 Å². The molecule has 136 valence electrons. The molecule has 2 aromatic rings. The third-order valence-corrected chi connectivity index (χ3v) is 5.21. The Morgan fingerprint density at radius 1 is 0.963 bits per heavy atom. The minimum Gasteiger partial charge on any atom is -0.325 e. The van der Waals surface area contributed by atoms with Crippen molar-refractivity contribution in [3.63, 3.8) is 0 Å². The van der Waals surface area contributed by atoms with Gasteiger partial charge in [0.05, 0.1) is 17.1 Å². The van der Waals surface area contributed by atoms with E-state index in [9.17, 15) is 19.2 Å². The maximum atomic E-state index is 13.1. The first-order valence-corrected chi connectivity index (χ1v) is 9.27. The summed E-state index contributed by atoms with van der Waals surface area (Å²) in [6, 6.07) is 9.78. The molecule has 2 aliphatic carbocycles. The lowest BCUT2D eigenvalue weighted by atomic mass is 9.81. The Bertz CT molecular complexity index is 1010. The van der Waals surface area contributed by atoms with Crippen molar-refractivity contribution in [2.75, 3.05) is 11.2 Å². The molecule has 0 saturated heterocycles. The van der Waals surface area contributed by atoms with Gasteiger partial charge in [0.15, 0.2) is 17.3 Å². The third kappa shape index (κ3) is 3.08. The monoisotopic (exact) mass is 381 g/mol. The summed E-state index contributed by atoms with van der Waals surface area (Å²) in [5.41, 5.74) is 1.81. The van der Waals surface area contributed by atoms with Crippen molar-refractivity contribution in [1.29, 1.82) is 0 Å². The number of amides is 1. The first-order chi connectivity index (χ1) is 13.0. The molecular weight excluding hydrogens is 366 g/mol. The van der Waals surface area contributed by atoms with Crippen molar-refractivity contribution in [2.24, 2.45) is 5.92 Å². The Hall–Kier alpha value is -2.79. The largest absolute Gasteiger partial charge is 0.325 e. The number of rotatable bonds is 5. The summed E-state index contributed by atoms with van der Waals surface area (Å²) in [5.74, 6) is -1.26. The summed E-state index contributed by atoms with van der Waals surface area (Å²) in [6.45, 7) is 0. The zero-order valence-electron chi connectivity index (χ0n) is 14.4. The third-order valence-electron chi connectivity index (χ3n) is 4.91. The van der Waals surface area contributed by atoms with Crippen molar-refractivity contribution in [1.82, 2.24) is 0 Å². The molecule has 0 radical (unpaired) electrons. The van der Waals surface area contributed by atoms with Crippen LogP contribution in [0.15, 0.2) is 36.4 Å². The van der Waals surface area contributed by atoms with E-state index in [1.165, 1.54) is 0 Å². The summed E-state index contributed by atoms with van der Waals surface area (Å²) in [4.78, 5) is 50.3. The predicted octanol–water partition coefficient (Wildman–Crippen LogP) is 3.16. The van der Waals surface area contributed by atoms with Gasteiger partial charge in [0.25, 0.3) is 0 Å². The van der Waals surface area contributed by atoms with Crippen LogP contribution in [0.2, 0.25) is 0 Å². The fourth-order valence-corrected chi connectivity index (χ4v) is 3.44. The van der Waals surface area contributed by atoms with Crippen LogP contribution in [0.1, 0.15) is 50.2 Å². The summed E-state index contributed by atoms with van der Waals surface area (Å²) >= 11 is 5.62. The molecule has 0 heterocycles. The van der Waals surface area contributed by atoms with Gasteiger partial charge in [-0.05, 0) is 24.5 Å². The van der Waals surface area contributed by atoms with Crippen molar-refractivity contribution < 1.29 is 19.2 Å². The van der Waals surface area contributed by atoms with Crippen LogP contribution in [0.25, 0.3) is 0 Å². The molecule has 4 rings (SSSR count). The van der Waals surface area contributed by atoms with Gasteiger partial charge in [0.1, 0.15) is 0 Å². The smallest absolute Gasteiger partial charge is 0.227 e. The van der Waals surface area contributed by atoms with Gasteiger partial charge in [-0.2, -0.15) is 0 Å². The second-order valence-corrected chi connectivity index (χ2v) is 7.11. The molecule has 0 spiro atoms. The van der Waals surface area contributed by atoms with Crippen LogP contribution in [0.3, 0.4) is 0 Å². The van der Waals surface area contributed by atoms with Crippen molar-refractivity contribution >= 4 is 40.5 Å². The van der Waals surface area contributed by atoms with E-state index in [-0.39, 0.29) is 58.3 Å². The lowest BCUT2D eigenvalue weighted by Crippen LogP contribution is -2.26. The Kier molecular flexibility index (Phi) is 4.40. The molecule has 27 heavy (non-hydrogen) atoms. The molecule has 0 aliphatic heterocycles. The zero-order chi connectivity index (χ0) is 19.1. The van der Waals surface area contributed by atoms with E-state index >= 15 is 0 Å². The van der Waals surface area contributed by atoms with Crippen LogP contribution < -0.4 is 5.32 Å². The van der Waals surface area contributed by atoms with Gasteiger partial charge in [-0.15, -0.1) is 11.6 Å². The van der Waals surface area contributed by atoms with E-state index in [1.54, 1.807) is 36.4 Å². The van der Waals surface area contributed by atoms with Crippen molar-refractivity contribution in [2.45, 2.75) is 19.3 Å². The van der Waals surface area contributed by atoms with Crippen LogP contribution in [0.4, 0.5) is 5.69 Å². The number of anilines is 1. The minimum absolute atomic E-state index is 0.0137. The molecular formula is C21H16ClNO4. The maximum Gasteiger partial charge on any atom is 0.227 e. The molecule has 6 heteroatoms. The number of fused-ring (bicyclic) bond motifs is 2. The van der Waals surface area contributed by atoms with Gasteiger partial charge in [-0.3, -0.25) is 19.2 Å². The number of hydrogen-bond donors (Lipinski definition) is 1. The standard InChI is InChI=1S/C21H16ClNO4/c22-10-13(24)9-12-7-8-16-17(18(12)23-21(27)11-5-6-11)20(26)15-4-2-1-3-14(15)19(16)25/h1-4,7-8,11H,5-6,9-10H2,(H,23,27). The van der Waals surface area contributed by atoms with Gasteiger partial charge in [-0.1, -0.05) is 30.3 Å². The van der Waals surface area contributed by atoms with Gasteiger partial charge >= 0.3 is 0 Å². The van der Waals surface area contributed by atoms with Crippen molar-refractivity contribution in [3.8, 4) is 0 Å². The summed E-state index contributed by atoms with van der Waals surface area (Å²) < 4.78 is 0. The summed E-state index contributed by atoms with van der Waals surface area (Å²) in [7, 11) is 0. The van der Waals surface area contributed by atoms with Crippen molar-refractivity contribution in [3.05, 3.63) is 64.2 Å². The zero-order valence-corrected chi connectivity index (χ0v) is 15.1. The van der Waals surface area contributed by atoms with Crippen LogP contribution in [-0.4, -0.2) is 29.1 Å². The first-order valence-electron chi connectivity index (χ1n) is 8.74. The SMILES string of the molecule is O=C(CCl)Cc1ccc2c(c1NC(=O)C1CC1)C(=O)c1ccccc1C2=O. The summed E-state index contributed by atoms with van der Waals surface area (Å²) in [5, 5.41) is 2.80. The average molecular weight is 382 g/mol. The molecule has 5 nitrogen and oxygen atoms in total. The highest BCUT2D eigenvalue weighted by Gasteiger charge is 2.35. The number of hydrogen-bond acceptors (Lipinski definition) is 4. The lowest BCUT2D eigenvalue weighted by molar-refractivity contribution is -0.117. The number of halogens is 1. The lowest BCUT2D eigenvalue weighted by Gasteiger charge is -2.22. The van der Waals surface area contributed by atoms with Gasteiger partial charge in [0.2, 0.25) is 5.91 Å². The van der Waals surface area contributed by atoms with Gasteiger partial charge in [0, 0.05) is 29.0 Å². The summed E-state index contributed by atoms with van der Waals surface area (Å²) in [6.07, 6.45) is 1.58. The van der Waals surface area contributed by atoms with E-state index in [1.807, 2.05) is 0 Å². The highest BCUT2D eigenvalue weighted by atomic mass is 35.5. The van der Waals surface area contributed by atoms with Crippen LogP contribution in [0, 0.1) is 5.92 Å². The number of nitrogens with one attached hydrogen (secondary N) is 1. The Morgan fingerprint density at radius 3 is 2.26 bits per heavy atom. The molecule has 0 unspecified atom stereocenters. The van der Waals surface area contributed by atoms with Crippen LogP contribution >= 0.6 is 11.6 Å². The molecule has 2 aliphatic rings. The molecule has 1 fully saturated rings. The number of Topliss-reactive ketones (excluding diaryl/α,β-unsaturated/α-hetero) is 1. The highest BCUT2D eigenvalue weighted by molar-refractivity contribution is 6.31. The van der Waals surface area contributed by atoms with Gasteiger partial charge < -0.3 is 5.32 Å². The molecule has 1 saturated carbocycles. The Balaban J connectivity index is 1.87. The van der Waals surface area contributed by atoms with Crippen LogP contribution in [-0.2, 0) is 16.0 Å². The fraction of sp³-hybridized carbons (Fsp3) is 0.238. The molecule has 1 amide bonds. The van der Waals surface area contributed by atoms with E-state index in [0.717, 1.165) is 12.8 Å². The number of benzene rings is 2. The molecule has 0 atom stereocenters.